The number of rotatable bonds is 4. The quantitative estimate of drug-likeness (QED) is 0.715. The van der Waals surface area contributed by atoms with Crippen molar-refractivity contribution in [2.75, 3.05) is 10.2 Å². The highest BCUT2D eigenvalue weighted by Gasteiger charge is 2.45. The van der Waals surface area contributed by atoms with Crippen molar-refractivity contribution < 1.29 is 18.7 Å². The summed E-state index contributed by atoms with van der Waals surface area (Å²) in [7, 11) is -2.90. The zero-order valence-corrected chi connectivity index (χ0v) is 18.1. The molecule has 30 heavy (non-hydrogen) atoms. The highest BCUT2D eigenvalue weighted by Crippen LogP contribution is 2.46. The third-order valence-electron chi connectivity index (χ3n) is 5.34. The van der Waals surface area contributed by atoms with E-state index in [9.17, 15) is 18.7 Å². The summed E-state index contributed by atoms with van der Waals surface area (Å²) in [5.74, 6) is -0.609. The van der Waals surface area contributed by atoms with Crippen molar-refractivity contribution in [2.24, 2.45) is 0 Å². The highest BCUT2D eigenvalue weighted by molar-refractivity contribution is 7.33. The molecule has 1 aliphatic rings. The van der Waals surface area contributed by atoms with E-state index in [1.54, 1.807) is 42.5 Å². The number of carbonyl (C=O) groups is 2. The van der Waals surface area contributed by atoms with Gasteiger partial charge in [0.2, 0.25) is 5.91 Å². The Morgan fingerprint density at radius 3 is 2.37 bits per heavy atom. The second kappa shape index (κ2) is 7.55. The van der Waals surface area contributed by atoms with Crippen LogP contribution in [0, 0.1) is 11.3 Å². The van der Waals surface area contributed by atoms with Crippen molar-refractivity contribution in [1.29, 1.82) is 5.26 Å². The Bertz CT molecular complexity index is 1130. The van der Waals surface area contributed by atoms with Gasteiger partial charge < -0.3 is 5.32 Å². The van der Waals surface area contributed by atoms with Gasteiger partial charge >= 0.3 is 7.68 Å². The summed E-state index contributed by atoms with van der Waals surface area (Å²) in [6.45, 7) is 6.77. The molecule has 1 N–H and O–H groups in total. The molecule has 154 valence electrons. The smallest absolute Gasteiger partial charge is 0.322 e. The number of hydrogen-bond donors (Lipinski definition) is 1. The van der Waals surface area contributed by atoms with Gasteiger partial charge in [0.05, 0.1) is 11.6 Å². The van der Waals surface area contributed by atoms with Crippen LogP contribution in [0.4, 0.5) is 11.4 Å². The van der Waals surface area contributed by atoms with Crippen LogP contribution >= 0.6 is 7.68 Å². The molecular formula is C22H22N3O4P. The zero-order valence-electron chi connectivity index (χ0n) is 17.2. The lowest BCUT2D eigenvalue weighted by Crippen LogP contribution is -2.50. The molecule has 2 aromatic carbocycles. The van der Waals surface area contributed by atoms with E-state index in [0.29, 0.717) is 22.5 Å². The van der Waals surface area contributed by atoms with Gasteiger partial charge in [0.25, 0.3) is 5.91 Å². The summed E-state index contributed by atoms with van der Waals surface area (Å²) >= 11 is 0. The second-order valence-corrected chi connectivity index (χ2v) is 10.0. The Labute approximate surface area is 175 Å². The minimum atomic E-state index is -2.90. The van der Waals surface area contributed by atoms with Crippen molar-refractivity contribution in [2.45, 2.75) is 44.8 Å². The fourth-order valence-corrected chi connectivity index (χ4v) is 4.00. The lowest BCUT2D eigenvalue weighted by molar-refractivity contribution is -0.120. The predicted octanol–water partition coefficient (Wildman–Crippen LogP) is 4.73. The van der Waals surface area contributed by atoms with Gasteiger partial charge in [-0.05, 0) is 61.9 Å². The van der Waals surface area contributed by atoms with Crippen LogP contribution in [0.25, 0.3) is 0 Å². The van der Waals surface area contributed by atoms with Gasteiger partial charge in [0.1, 0.15) is 0 Å². The first-order valence-electron chi connectivity index (χ1n) is 9.41. The monoisotopic (exact) mass is 423 g/mol. The maximum atomic E-state index is 12.8. The summed E-state index contributed by atoms with van der Waals surface area (Å²) in [6, 6.07) is 13.5. The molecule has 3 rings (SSSR count). The molecule has 0 unspecified atom stereocenters. The predicted molar refractivity (Wildman–Crippen MR) is 113 cm³/mol. The molecule has 0 saturated heterocycles. The van der Waals surface area contributed by atoms with Crippen LogP contribution in [0.1, 0.15) is 55.6 Å². The average molecular weight is 423 g/mol. The van der Waals surface area contributed by atoms with E-state index in [-0.39, 0.29) is 18.2 Å². The van der Waals surface area contributed by atoms with Gasteiger partial charge in [0, 0.05) is 28.8 Å². The van der Waals surface area contributed by atoms with E-state index in [1.165, 1.54) is 18.7 Å². The Hall–Kier alpha value is -3.23. The Balaban J connectivity index is 2.00. The lowest BCUT2D eigenvalue weighted by Gasteiger charge is -2.43. The minimum absolute atomic E-state index is 0.132. The molecule has 0 atom stereocenters. The Morgan fingerprint density at radius 1 is 1.17 bits per heavy atom. The number of hydrogen-bond acceptors (Lipinski definition) is 5. The molecule has 2 amide bonds. The van der Waals surface area contributed by atoms with Crippen LogP contribution in [-0.2, 0) is 19.3 Å². The molecule has 0 radical (unpaired) electrons. The van der Waals surface area contributed by atoms with Crippen LogP contribution in [0.3, 0.4) is 0 Å². The van der Waals surface area contributed by atoms with E-state index < -0.39 is 18.4 Å². The van der Waals surface area contributed by atoms with E-state index in [0.717, 1.165) is 5.56 Å². The first-order valence-corrected chi connectivity index (χ1v) is 10.6. The van der Waals surface area contributed by atoms with Gasteiger partial charge in [0.15, 0.2) is 5.28 Å². The topological polar surface area (TPSA) is 107 Å². The van der Waals surface area contributed by atoms with Crippen molar-refractivity contribution >= 4 is 30.9 Å². The van der Waals surface area contributed by atoms with Gasteiger partial charge in [-0.25, -0.2) is 9.13 Å². The maximum absolute atomic E-state index is 12.8. The normalized spacial score (nSPS) is 15.2. The number of amides is 2. The fourth-order valence-electron chi connectivity index (χ4n) is 3.61. The zero-order chi connectivity index (χ0) is 22.3. The molecule has 7 nitrogen and oxygen atoms in total. The molecular weight excluding hydrogens is 401 g/mol. The van der Waals surface area contributed by atoms with Gasteiger partial charge in [-0.2, -0.15) is 5.26 Å². The first-order chi connectivity index (χ1) is 14.0. The third-order valence-corrected chi connectivity index (χ3v) is 6.43. The molecule has 0 bridgehead atoms. The van der Waals surface area contributed by atoms with Crippen molar-refractivity contribution in [3.05, 3.63) is 59.2 Å². The fraction of sp³-hybridized carbons (Fsp3) is 0.318. The number of benzene rings is 2. The Kier molecular flexibility index (Phi) is 5.40. The molecule has 1 heterocycles. The Morgan fingerprint density at radius 2 is 1.80 bits per heavy atom. The molecule has 0 fully saturated rings. The second-order valence-electron chi connectivity index (χ2n) is 8.42. The molecule has 0 spiro atoms. The van der Waals surface area contributed by atoms with Crippen LogP contribution < -0.4 is 10.2 Å². The molecule has 0 aromatic heterocycles. The summed E-state index contributed by atoms with van der Waals surface area (Å²) in [4.78, 5) is 26.9. The highest BCUT2D eigenvalue weighted by atomic mass is 31.1. The number of fused-ring (bicyclic) bond motifs is 1. The number of nitrogens with zero attached hydrogens (tertiary/aromatic N) is 2. The third kappa shape index (κ3) is 3.79. The van der Waals surface area contributed by atoms with Gasteiger partial charge in [-0.15, -0.1) is 0 Å². The summed E-state index contributed by atoms with van der Waals surface area (Å²) in [5, 5.41) is 10.3. The van der Waals surface area contributed by atoms with Crippen molar-refractivity contribution in [1.82, 2.24) is 0 Å². The average Bonchev–Trinajstić information content (AvgIpc) is 2.67. The minimum Gasteiger partial charge on any atom is -0.322 e. The summed E-state index contributed by atoms with van der Waals surface area (Å²) in [6.07, 6.45) is 0.132. The van der Waals surface area contributed by atoms with E-state index in [4.69, 9.17) is 5.26 Å². The molecule has 0 saturated carbocycles. The van der Waals surface area contributed by atoms with Crippen LogP contribution in [0.5, 0.6) is 0 Å². The van der Waals surface area contributed by atoms with E-state index in [2.05, 4.69) is 5.32 Å². The van der Waals surface area contributed by atoms with Gasteiger partial charge in [-0.3, -0.25) is 14.5 Å². The number of carbonyl (C=O) groups excluding carboxylic acids is 2. The SMILES string of the molecule is CC1(C)CC(=O)N(C(C)(C)P(=O)=O)c2ccc(C(=O)Nc3ccc(C#N)cc3)cc21. The van der Waals surface area contributed by atoms with Crippen LogP contribution in [0.2, 0.25) is 0 Å². The van der Waals surface area contributed by atoms with E-state index in [1.807, 2.05) is 19.9 Å². The lowest BCUT2D eigenvalue weighted by atomic mass is 9.76. The maximum Gasteiger partial charge on any atom is 0.341 e. The molecule has 8 heteroatoms. The standard InChI is InChI=1S/C22H22N3O4P/c1-21(2)12-19(26)25(22(3,4)30(28)29)18-10-7-15(11-17(18)21)20(27)24-16-8-5-14(13-23)6-9-16/h5-11H,12H2,1-4H3,(H,24,27). The summed E-state index contributed by atoms with van der Waals surface area (Å²) < 4.78 is 23.6. The van der Waals surface area contributed by atoms with Gasteiger partial charge in [-0.1, -0.05) is 13.8 Å². The number of anilines is 2. The molecule has 2 aromatic rings. The van der Waals surface area contributed by atoms with Crippen LogP contribution in [0.15, 0.2) is 42.5 Å². The molecule has 1 aliphatic heterocycles. The number of nitriles is 1. The van der Waals surface area contributed by atoms with Crippen LogP contribution in [-0.4, -0.2) is 17.1 Å². The summed E-state index contributed by atoms with van der Waals surface area (Å²) in [5.41, 5.74) is 2.11. The number of nitrogens with one attached hydrogen (secondary N) is 1. The van der Waals surface area contributed by atoms with E-state index >= 15 is 0 Å². The van der Waals surface area contributed by atoms with Crippen molar-refractivity contribution in [3.8, 4) is 6.07 Å². The first kappa shape index (κ1) is 21.5. The molecule has 0 aliphatic carbocycles. The van der Waals surface area contributed by atoms with Crippen molar-refractivity contribution in [3.63, 3.8) is 0 Å². The largest absolute Gasteiger partial charge is 0.341 e.